The van der Waals surface area contributed by atoms with Gasteiger partial charge in [-0.05, 0) is 56.4 Å². The molecule has 1 atom stereocenters. The van der Waals surface area contributed by atoms with Crippen LogP contribution in [0.4, 0.5) is 5.69 Å². The van der Waals surface area contributed by atoms with Crippen LogP contribution in [0.15, 0.2) is 57.7 Å². The third kappa shape index (κ3) is 5.42. The Labute approximate surface area is 193 Å². The van der Waals surface area contributed by atoms with Gasteiger partial charge in [-0.2, -0.15) is 0 Å². The van der Waals surface area contributed by atoms with Crippen molar-refractivity contribution < 1.29 is 19.1 Å². The molecule has 0 bridgehead atoms. The fourth-order valence-corrected chi connectivity index (χ4v) is 4.24. The summed E-state index contributed by atoms with van der Waals surface area (Å²) in [5.41, 5.74) is 3.99. The molecule has 0 radical (unpaired) electrons. The maximum atomic E-state index is 12.9. The summed E-state index contributed by atoms with van der Waals surface area (Å²) in [6.45, 7) is 5.39. The Bertz CT molecular complexity index is 1180. The van der Waals surface area contributed by atoms with Crippen molar-refractivity contribution in [2.24, 2.45) is 0 Å². The first-order valence-corrected chi connectivity index (χ1v) is 11.1. The van der Waals surface area contributed by atoms with Gasteiger partial charge < -0.3 is 19.3 Å². The molecule has 7 nitrogen and oxygen atoms in total. The van der Waals surface area contributed by atoms with Crippen LogP contribution in [-0.2, 0) is 9.59 Å². The van der Waals surface area contributed by atoms with Crippen LogP contribution < -0.4 is 10.5 Å². The van der Waals surface area contributed by atoms with Gasteiger partial charge in [0.05, 0.1) is 0 Å². The molecule has 1 saturated heterocycles. The molecule has 1 aromatic heterocycles. The second-order valence-corrected chi connectivity index (χ2v) is 8.25. The van der Waals surface area contributed by atoms with Crippen LogP contribution in [0, 0.1) is 6.92 Å². The van der Waals surface area contributed by atoms with Gasteiger partial charge in [-0.25, -0.2) is 4.79 Å². The summed E-state index contributed by atoms with van der Waals surface area (Å²) >= 11 is 0. The lowest BCUT2D eigenvalue weighted by atomic mass is 9.98. The van der Waals surface area contributed by atoms with Crippen molar-refractivity contribution in [1.29, 1.82) is 0 Å². The van der Waals surface area contributed by atoms with Gasteiger partial charge in [0.2, 0.25) is 5.91 Å². The number of hydrogen-bond donors (Lipinski definition) is 1. The van der Waals surface area contributed by atoms with Gasteiger partial charge in [-0.15, -0.1) is 0 Å². The van der Waals surface area contributed by atoms with Crippen LogP contribution in [0.1, 0.15) is 31.7 Å². The highest BCUT2D eigenvalue weighted by molar-refractivity contribution is 5.96. The van der Waals surface area contributed by atoms with Crippen molar-refractivity contribution in [3.63, 3.8) is 0 Å². The zero-order valence-corrected chi connectivity index (χ0v) is 19.3. The number of likely N-dealkylation sites (N-methyl/N-ethyl adjacent to an activating group) is 1. The SMILES string of the molecule is Cc1ccccc1-c1cc(=O)oc2cc(N(C)C(C)C(=O)N3CCCCC3)ccc12.O=CO. The van der Waals surface area contributed by atoms with Gasteiger partial charge in [0, 0.05) is 48.9 Å². The summed E-state index contributed by atoms with van der Waals surface area (Å²) in [6.07, 6.45) is 3.34. The first-order chi connectivity index (χ1) is 15.9. The van der Waals surface area contributed by atoms with E-state index in [1.807, 2.05) is 73.2 Å². The van der Waals surface area contributed by atoms with E-state index in [-0.39, 0.29) is 24.0 Å². The maximum Gasteiger partial charge on any atom is 0.336 e. The van der Waals surface area contributed by atoms with E-state index in [2.05, 4.69) is 0 Å². The number of carboxylic acid groups (broad SMARTS) is 1. The Morgan fingerprint density at radius 2 is 1.76 bits per heavy atom. The fraction of sp³-hybridized carbons (Fsp3) is 0.346. The molecular formula is C26H30N2O5. The van der Waals surface area contributed by atoms with Crippen molar-refractivity contribution >= 4 is 29.0 Å². The first kappa shape index (κ1) is 24.0. The average Bonchev–Trinajstić information content (AvgIpc) is 2.83. The molecule has 1 unspecified atom stereocenters. The van der Waals surface area contributed by atoms with Crippen molar-refractivity contribution in [1.82, 2.24) is 4.90 Å². The molecule has 2 heterocycles. The van der Waals surface area contributed by atoms with Crippen molar-refractivity contribution in [3.8, 4) is 11.1 Å². The van der Waals surface area contributed by atoms with Crippen molar-refractivity contribution in [2.75, 3.05) is 25.0 Å². The number of carbonyl (C=O) groups excluding carboxylic acids is 1. The summed E-state index contributed by atoms with van der Waals surface area (Å²) in [5.74, 6) is 0.146. The predicted molar refractivity (Wildman–Crippen MR) is 130 cm³/mol. The minimum Gasteiger partial charge on any atom is -0.483 e. The fourth-order valence-electron chi connectivity index (χ4n) is 4.24. The van der Waals surface area contributed by atoms with E-state index in [9.17, 15) is 9.59 Å². The van der Waals surface area contributed by atoms with E-state index in [1.165, 1.54) is 6.42 Å². The predicted octanol–water partition coefficient (Wildman–Crippen LogP) is 4.31. The number of likely N-dealkylation sites (tertiary alicyclic amines) is 1. The number of benzene rings is 2. The highest BCUT2D eigenvalue weighted by Crippen LogP contribution is 2.32. The Morgan fingerprint density at radius 3 is 2.42 bits per heavy atom. The van der Waals surface area contributed by atoms with E-state index < -0.39 is 0 Å². The van der Waals surface area contributed by atoms with E-state index in [1.54, 1.807) is 6.07 Å². The summed E-state index contributed by atoms with van der Waals surface area (Å²) in [6, 6.07) is 15.1. The minimum absolute atomic E-state index is 0.146. The number of rotatable bonds is 4. The minimum atomic E-state index is -0.377. The molecule has 0 aliphatic carbocycles. The Morgan fingerprint density at radius 1 is 1.09 bits per heavy atom. The normalized spacial score (nSPS) is 14.2. The molecule has 4 rings (SSSR count). The molecule has 1 N–H and O–H groups in total. The van der Waals surface area contributed by atoms with Gasteiger partial charge in [0.15, 0.2) is 0 Å². The number of carbonyl (C=O) groups is 2. The molecule has 7 heteroatoms. The highest BCUT2D eigenvalue weighted by Gasteiger charge is 2.25. The summed E-state index contributed by atoms with van der Waals surface area (Å²) in [7, 11) is 1.91. The zero-order valence-electron chi connectivity index (χ0n) is 19.3. The molecule has 3 aromatic rings. The van der Waals surface area contributed by atoms with Gasteiger partial charge in [0.25, 0.3) is 6.47 Å². The third-order valence-electron chi connectivity index (χ3n) is 6.18. The number of piperidine rings is 1. The zero-order chi connectivity index (χ0) is 24.0. The molecule has 2 aromatic carbocycles. The number of nitrogens with zero attached hydrogens (tertiary/aromatic N) is 2. The van der Waals surface area contributed by atoms with Crippen LogP contribution >= 0.6 is 0 Å². The Kier molecular flexibility index (Phi) is 7.87. The second-order valence-electron chi connectivity index (χ2n) is 8.25. The number of anilines is 1. The summed E-state index contributed by atoms with van der Waals surface area (Å²) in [4.78, 5) is 37.5. The van der Waals surface area contributed by atoms with Gasteiger partial charge in [-0.3, -0.25) is 9.59 Å². The Hall–Kier alpha value is -3.61. The lowest BCUT2D eigenvalue weighted by Gasteiger charge is -2.33. The molecule has 174 valence electrons. The second kappa shape index (κ2) is 10.8. The van der Waals surface area contributed by atoms with Gasteiger partial charge in [-0.1, -0.05) is 24.3 Å². The van der Waals surface area contributed by atoms with E-state index >= 15 is 0 Å². The highest BCUT2D eigenvalue weighted by atomic mass is 16.4. The molecule has 1 aliphatic heterocycles. The molecule has 1 aliphatic rings. The lowest BCUT2D eigenvalue weighted by Crippen LogP contribution is -2.47. The average molecular weight is 451 g/mol. The summed E-state index contributed by atoms with van der Waals surface area (Å²) < 4.78 is 5.53. The number of fused-ring (bicyclic) bond motifs is 1. The quantitative estimate of drug-likeness (QED) is 0.471. The van der Waals surface area contributed by atoms with Gasteiger partial charge in [0.1, 0.15) is 11.6 Å². The van der Waals surface area contributed by atoms with Crippen LogP contribution in [0.2, 0.25) is 0 Å². The van der Waals surface area contributed by atoms with Crippen molar-refractivity contribution in [2.45, 2.75) is 39.2 Å². The van der Waals surface area contributed by atoms with Crippen LogP contribution in [-0.4, -0.2) is 48.6 Å². The van der Waals surface area contributed by atoms with Crippen LogP contribution in [0.3, 0.4) is 0 Å². The smallest absolute Gasteiger partial charge is 0.336 e. The van der Waals surface area contributed by atoms with Crippen LogP contribution in [0.5, 0.6) is 0 Å². The number of amides is 1. The first-order valence-electron chi connectivity index (χ1n) is 11.1. The molecule has 33 heavy (non-hydrogen) atoms. The van der Waals surface area contributed by atoms with Crippen molar-refractivity contribution in [3.05, 3.63) is 64.5 Å². The summed E-state index contributed by atoms with van der Waals surface area (Å²) in [5, 5.41) is 7.77. The molecular weight excluding hydrogens is 420 g/mol. The number of hydrogen-bond acceptors (Lipinski definition) is 5. The molecule has 1 amide bonds. The molecule has 0 spiro atoms. The maximum absolute atomic E-state index is 12.9. The van der Waals surface area contributed by atoms with Gasteiger partial charge >= 0.3 is 5.63 Å². The van der Waals surface area contributed by atoms with Crippen LogP contribution in [0.25, 0.3) is 22.1 Å². The topological polar surface area (TPSA) is 91.1 Å². The largest absolute Gasteiger partial charge is 0.483 e. The van der Waals surface area contributed by atoms with E-state index in [0.717, 1.165) is 53.7 Å². The molecule has 0 saturated carbocycles. The van der Waals surface area contributed by atoms with E-state index in [4.69, 9.17) is 14.3 Å². The number of aryl methyl sites for hydroxylation is 1. The Balaban J connectivity index is 0.000000968. The monoisotopic (exact) mass is 450 g/mol. The lowest BCUT2D eigenvalue weighted by molar-refractivity contribution is -0.133. The molecule has 1 fully saturated rings. The van der Waals surface area contributed by atoms with E-state index in [0.29, 0.717) is 5.58 Å². The third-order valence-corrected chi connectivity index (χ3v) is 6.18. The standard InChI is InChI=1S/C25H28N2O3.CH2O2/c1-17-9-5-6-10-20(17)22-16-24(28)30-23-15-19(11-12-21(22)23)26(3)18(2)25(29)27-13-7-4-8-14-27;2-1-3/h5-6,9-12,15-16,18H,4,7-8,13-14H2,1-3H3;1H,(H,2,3).